The number of nitrogen functional groups attached to an aromatic ring is 1. The van der Waals surface area contributed by atoms with Crippen LogP contribution in [0.1, 0.15) is 10.4 Å². The summed E-state index contributed by atoms with van der Waals surface area (Å²) in [7, 11) is 0. The van der Waals surface area contributed by atoms with E-state index in [4.69, 9.17) is 28.9 Å². The highest BCUT2D eigenvalue weighted by Crippen LogP contribution is 2.38. The number of anilines is 3. The average Bonchev–Trinajstić information content (AvgIpc) is 2.34. The zero-order valence-corrected chi connectivity index (χ0v) is 13.4. The van der Waals surface area contributed by atoms with E-state index in [0.717, 1.165) is 6.07 Å². The molecule has 110 valence electrons. The van der Waals surface area contributed by atoms with Crippen molar-refractivity contribution in [3.05, 3.63) is 50.2 Å². The molecule has 0 amide bonds. The van der Waals surface area contributed by atoms with E-state index in [1.165, 1.54) is 18.2 Å². The SMILES string of the molecule is Nc1cc(Cl)c(Nc2c(Cl)cc(F)cc2Br)c(C(=O)O)c1. The minimum absolute atomic E-state index is 0.0751. The summed E-state index contributed by atoms with van der Waals surface area (Å²) in [5, 5.41) is 12.2. The van der Waals surface area contributed by atoms with Crippen LogP contribution in [0.5, 0.6) is 0 Å². The van der Waals surface area contributed by atoms with Gasteiger partial charge in [0.15, 0.2) is 0 Å². The topological polar surface area (TPSA) is 75.3 Å². The summed E-state index contributed by atoms with van der Waals surface area (Å²) in [5.41, 5.74) is 6.09. The lowest BCUT2D eigenvalue weighted by Crippen LogP contribution is -2.05. The Morgan fingerprint density at radius 3 is 2.38 bits per heavy atom. The zero-order chi connectivity index (χ0) is 15.7. The molecule has 2 aromatic carbocycles. The standard InChI is InChI=1S/C13H8BrCl2FN2O2/c14-8-1-5(17)2-9(15)12(8)19-11-7(13(20)21)3-6(18)4-10(11)16/h1-4,19H,18H2,(H,20,21). The fraction of sp³-hybridized carbons (Fsp3) is 0. The van der Waals surface area contributed by atoms with Gasteiger partial charge in [-0.1, -0.05) is 23.2 Å². The van der Waals surface area contributed by atoms with E-state index in [2.05, 4.69) is 21.2 Å². The fourth-order valence-electron chi connectivity index (χ4n) is 1.71. The van der Waals surface area contributed by atoms with Crippen LogP contribution in [-0.2, 0) is 0 Å². The predicted octanol–water partition coefficient (Wildman–Crippen LogP) is 4.92. The first-order chi connectivity index (χ1) is 9.79. The molecule has 0 fully saturated rings. The molecule has 0 aliphatic rings. The maximum atomic E-state index is 13.2. The van der Waals surface area contributed by atoms with E-state index in [9.17, 15) is 14.3 Å². The Labute approximate surface area is 137 Å². The average molecular weight is 394 g/mol. The Hall–Kier alpha value is -1.50. The molecular weight excluding hydrogens is 386 g/mol. The van der Waals surface area contributed by atoms with Crippen LogP contribution in [0.3, 0.4) is 0 Å². The molecule has 21 heavy (non-hydrogen) atoms. The highest BCUT2D eigenvalue weighted by atomic mass is 79.9. The van der Waals surface area contributed by atoms with Gasteiger partial charge < -0.3 is 16.2 Å². The second-order valence-corrected chi connectivity index (χ2v) is 5.77. The summed E-state index contributed by atoms with van der Waals surface area (Å²) in [5.74, 6) is -1.74. The Morgan fingerprint density at radius 1 is 1.19 bits per heavy atom. The molecule has 2 aromatic rings. The third-order valence-electron chi connectivity index (χ3n) is 2.60. The predicted molar refractivity (Wildman–Crippen MR) is 85.2 cm³/mol. The molecule has 0 aliphatic heterocycles. The number of hydrogen-bond acceptors (Lipinski definition) is 3. The maximum Gasteiger partial charge on any atom is 0.337 e. The number of nitrogens with one attached hydrogen (secondary N) is 1. The van der Waals surface area contributed by atoms with Crippen LogP contribution >= 0.6 is 39.1 Å². The lowest BCUT2D eigenvalue weighted by molar-refractivity contribution is 0.0698. The summed E-state index contributed by atoms with van der Waals surface area (Å²) >= 11 is 15.1. The molecule has 0 aliphatic carbocycles. The number of rotatable bonds is 3. The molecule has 4 nitrogen and oxygen atoms in total. The molecule has 0 aromatic heterocycles. The van der Waals surface area contributed by atoms with Crippen molar-refractivity contribution in [3.8, 4) is 0 Å². The van der Waals surface area contributed by atoms with Gasteiger partial charge in [-0.25, -0.2) is 9.18 Å². The second-order valence-electron chi connectivity index (χ2n) is 4.10. The Balaban J connectivity index is 2.57. The van der Waals surface area contributed by atoms with Gasteiger partial charge in [0, 0.05) is 10.2 Å². The van der Waals surface area contributed by atoms with Crippen molar-refractivity contribution in [2.75, 3.05) is 11.1 Å². The van der Waals surface area contributed by atoms with Gasteiger partial charge in [0.25, 0.3) is 0 Å². The second kappa shape index (κ2) is 6.09. The van der Waals surface area contributed by atoms with Crippen molar-refractivity contribution in [1.29, 1.82) is 0 Å². The molecule has 0 radical (unpaired) electrons. The van der Waals surface area contributed by atoms with Crippen molar-refractivity contribution in [1.82, 2.24) is 0 Å². The Bertz CT molecular complexity index is 717. The molecular formula is C13H8BrCl2FN2O2. The highest BCUT2D eigenvalue weighted by Gasteiger charge is 2.17. The van der Waals surface area contributed by atoms with Crippen molar-refractivity contribution in [3.63, 3.8) is 0 Å². The van der Waals surface area contributed by atoms with Crippen LogP contribution in [0, 0.1) is 5.82 Å². The molecule has 0 atom stereocenters. The highest BCUT2D eigenvalue weighted by molar-refractivity contribution is 9.10. The number of carbonyl (C=O) groups is 1. The van der Waals surface area contributed by atoms with Gasteiger partial charge >= 0.3 is 5.97 Å². The third kappa shape index (κ3) is 3.40. The number of hydrogen-bond donors (Lipinski definition) is 3. The van der Waals surface area contributed by atoms with Gasteiger partial charge in [-0.2, -0.15) is 0 Å². The van der Waals surface area contributed by atoms with Gasteiger partial charge in [-0.05, 0) is 40.2 Å². The zero-order valence-electron chi connectivity index (χ0n) is 10.3. The first-order valence-corrected chi connectivity index (χ1v) is 7.08. The largest absolute Gasteiger partial charge is 0.478 e. The van der Waals surface area contributed by atoms with Crippen molar-refractivity contribution >= 4 is 62.2 Å². The minimum atomic E-state index is -1.21. The quantitative estimate of drug-likeness (QED) is 0.647. The van der Waals surface area contributed by atoms with E-state index >= 15 is 0 Å². The smallest absolute Gasteiger partial charge is 0.337 e. The Morgan fingerprint density at radius 2 is 1.81 bits per heavy atom. The van der Waals surface area contributed by atoms with Crippen LogP contribution in [0.4, 0.5) is 21.5 Å². The van der Waals surface area contributed by atoms with Crippen LogP contribution in [-0.4, -0.2) is 11.1 Å². The van der Waals surface area contributed by atoms with Gasteiger partial charge in [0.2, 0.25) is 0 Å². The summed E-state index contributed by atoms with van der Waals surface area (Å²) in [6.45, 7) is 0. The summed E-state index contributed by atoms with van der Waals surface area (Å²) in [6, 6.07) is 4.96. The van der Waals surface area contributed by atoms with Crippen LogP contribution in [0.25, 0.3) is 0 Å². The van der Waals surface area contributed by atoms with Crippen LogP contribution < -0.4 is 11.1 Å². The van der Waals surface area contributed by atoms with E-state index in [0.29, 0.717) is 10.2 Å². The monoisotopic (exact) mass is 392 g/mol. The fourth-order valence-corrected chi connectivity index (χ4v) is 2.88. The van der Waals surface area contributed by atoms with E-state index in [1.807, 2.05) is 0 Å². The van der Waals surface area contributed by atoms with Gasteiger partial charge in [0.05, 0.1) is 27.0 Å². The van der Waals surface area contributed by atoms with E-state index in [-0.39, 0.29) is 27.0 Å². The van der Waals surface area contributed by atoms with E-state index < -0.39 is 11.8 Å². The number of benzene rings is 2. The van der Waals surface area contributed by atoms with Crippen LogP contribution in [0.2, 0.25) is 10.0 Å². The van der Waals surface area contributed by atoms with Gasteiger partial charge in [-0.3, -0.25) is 0 Å². The van der Waals surface area contributed by atoms with Crippen LogP contribution in [0.15, 0.2) is 28.7 Å². The Kier molecular flexibility index (Phi) is 4.61. The molecule has 0 bridgehead atoms. The maximum absolute atomic E-state index is 13.2. The van der Waals surface area contributed by atoms with Crippen molar-refractivity contribution < 1.29 is 14.3 Å². The normalized spacial score (nSPS) is 10.5. The molecule has 0 heterocycles. The summed E-state index contributed by atoms with van der Waals surface area (Å²) in [6.07, 6.45) is 0. The molecule has 8 heteroatoms. The third-order valence-corrected chi connectivity index (χ3v) is 3.82. The van der Waals surface area contributed by atoms with E-state index in [1.54, 1.807) is 0 Å². The lowest BCUT2D eigenvalue weighted by atomic mass is 10.1. The number of nitrogens with two attached hydrogens (primary N) is 1. The molecule has 0 saturated carbocycles. The van der Waals surface area contributed by atoms with Gasteiger partial charge in [0.1, 0.15) is 5.82 Å². The molecule has 0 spiro atoms. The molecule has 2 rings (SSSR count). The number of halogens is 4. The molecule has 0 unspecified atom stereocenters. The van der Waals surface area contributed by atoms with Gasteiger partial charge in [-0.15, -0.1) is 0 Å². The number of carboxylic acid groups (broad SMARTS) is 1. The molecule has 4 N–H and O–H groups in total. The van der Waals surface area contributed by atoms with Crippen molar-refractivity contribution in [2.24, 2.45) is 0 Å². The summed E-state index contributed by atoms with van der Waals surface area (Å²) < 4.78 is 13.5. The number of carboxylic acids is 1. The van der Waals surface area contributed by atoms with Crippen molar-refractivity contribution in [2.45, 2.75) is 0 Å². The minimum Gasteiger partial charge on any atom is -0.478 e. The lowest BCUT2D eigenvalue weighted by Gasteiger charge is -2.15. The first-order valence-electron chi connectivity index (χ1n) is 5.53. The molecule has 0 saturated heterocycles. The summed E-state index contributed by atoms with van der Waals surface area (Å²) in [4.78, 5) is 11.3. The first kappa shape index (κ1) is 15.9. The number of aromatic carboxylic acids is 1.